The molecular formula is C44H27N3. The first-order chi connectivity index (χ1) is 23.3. The first-order valence-corrected chi connectivity index (χ1v) is 16.0. The Kier molecular flexibility index (Phi) is 5.57. The van der Waals surface area contributed by atoms with Gasteiger partial charge in [0, 0.05) is 33.4 Å². The van der Waals surface area contributed by atoms with Crippen LogP contribution in [0.5, 0.6) is 0 Å². The largest absolute Gasteiger partial charge is 0.293 e. The zero-order chi connectivity index (χ0) is 30.9. The molecule has 0 amide bonds. The second-order valence-corrected chi connectivity index (χ2v) is 12.2. The molecule has 8 aromatic carbocycles. The summed E-state index contributed by atoms with van der Waals surface area (Å²) in [5, 5.41) is 12.3. The standard InChI is InChI=1S/C44H27N3/c1-2-13-29(14-3-1)40-27-42(47-41-21-11-10-20-37(41)38-25-22-28-12-4-5-15-31(28)43(38)47)46-44(45-40)30-23-24-36-34-18-7-6-16-32(34)33-17-8-9-19-35(33)39(36)26-30/h1-27H. The van der Waals surface area contributed by atoms with Crippen LogP contribution < -0.4 is 0 Å². The molecule has 0 saturated heterocycles. The molecule has 0 radical (unpaired) electrons. The molecule has 2 heterocycles. The van der Waals surface area contributed by atoms with Crippen molar-refractivity contribution in [3.05, 3.63) is 164 Å². The zero-order valence-electron chi connectivity index (χ0n) is 25.4. The third-order valence-corrected chi connectivity index (χ3v) is 9.57. The Balaban J connectivity index is 1.30. The van der Waals surface area contributed by atoms with Crippen LogP contribution in [-0.4, -0.2) is 14.5 Å². The van der Waals surface area contributed by atoms with Gasteiger partial charge in [0.05, 0.1) is 16.7 Å². The van der Waals surface area contributed by atoms with Gasteiger partial charge in [0.1, 0.15) is 5.82 Å². The smallest absolute Gasteiger partial charge is 0.162 e. The van der Waals surface area contributed by atoms with Gasteiger partial charge < -0.3 is 0 Å². The molecule has 0 bridgehead atoms. The molecule has 2 aromatic heterocycles. The molecule has 0 atom stereocenters. The molecule has 218 valence electrons. The van der Waals surface area contributed by atoms with Gasteiger partial charge in [-0.05, 0) is 49.8 Å². The van der Waals surface area contributed by atoms with Crippen LogP contribution in [0.2, 0.25) is 0 Å². The van der Waals surface area contributed by atoms with Gasteiger partial charge in [0.2, 0.25) is 0 Å². The van der Waals surface area contributed by atoms with E-state index >= 15 is 0 Å². The van der Waals surface area contributed by atoms with E-state index in [1.54, 1.807) is 0 Å². The molecular weight excluding hydrogens is 571 g/mol. The predicted octanol–water partition coefficient (Wildman–Crippen LogP) is 11.5. The van der Waals surface area contributed by atoms with E-state index in [-0.39, 0.29) is 0 Å². The van der Waals surface area contributed by atoms with Gasteiger partial charge in [-0.25, -0.2) is 9.97 Å². The zero-order valence-corrected chi connectivity index (χ0v) is 25.4. The minimum absolute atomic E-state index is 0.701. The fourth-order valence-corrected chi connectivity index (χ4v) is 7.45. The Morgan fingerprint density at radius 3 is 1.68 bits per heavy atom. The molecule has 0 unspecified atom stereocenters. The molecule has 0 aliphatic rings. The van der Waals surface area contributed by atoms with E-state index in [9.17, 15) is 0 Å². The van der Waals surface area contributed by atoms with E-state index in [4.69, 9.17) is 9.97 Å². The highest BCUT2D eigenvalue weighted by Crippen LogP contribution is 2.39. The molecule has 0 N–H and O–H groups in total. The molecule has 10 rings (SSSR count). The summed E-state index contributed by atoms with van der Waals surface area (Å²) in [6.45, 7) is 0. The van der Waals surface area contributed by atoms with E-state index in [1.807, 2.05) is 6.07 Å². The van der Waals surface area contributed by atoms with Crippen molar-refractivity contribution >= 4 is 64.9 Å². The Morgan fingerprint density at radius 2 is 0.936 bits per heavy atom. The van der Waals surface area contributed by atoms with E-state index in [0.717, 1.165) is 33.7 Å². The molecule has 0 spiro atoms. The third kappa shape index (κ3) is 3.93. The number of rotatable bonds is 3. The van der Waals surface area contributed by atoms with Crippen LogP contribution in [0, 0.1) is 0 Å². The maximum absolute atomic E-state index is 5.38. The Bertz CT molecular complexity index is 2810. The molecule has 3 nitrogen and oxygen atoms in total. The van der Waals surface area contributed by atoms with E-state index < -0.39 is 0 Å². The second-order valence-electron chi connectivity index (χ2n) is 12.2. The lowest BCUT2D eigenvalue weighted by Crippen LogP contribution is -2.03. The summed E-state index contributed by atoms with van der Waals surface area (Å²) >= 11 is 0. The fraction of sp³-hybridized carbons (Fsp3) is 0. The van der Waals surface area contributed by atoms with Crippen molar-refractivity contribution in [3.63, 3.8) is 0 Å². The van der Waals surface area contributed by atoms with Crippen molar-refractivity contribution in [2.45, 2.75) is 0 Å². The summed E-state index contributed by atoms with van der Waals surface area (Å²) in [7, 11) is 0. The van der Waals surface area contributed by atoms with Crippen LogP contribution in [0.25, 0.3) is 93.4 Å². The van der Waals surface area contributed by atoms with E-state index in [1.165, 1.54) is 53.9 Å². The van der Waals surface area contributed by atoms with Gasteiger partial charge in [-0.15, -0.1) is 0 Å². The molecule has 3 heteroatoms. The fourth-order valence-electron chi connectivity index (χ4n) is 7.45. The molecule has 47 heavy (non-hydrogen) atoms. The maximum atomic E-state index is 5.38. The summed E-state index contributed by atoms with van der Waals surface area (Å²) in [6.07, 6.45) is 0. The van der Waals surface area contributed by atoms with Crippen LogP contribution >= 0.6 is 0 Å². The summed E-state index contributed by atoms with van der Waals surface area (Å²) in [5.41, 5.74) is 5.21. The maximum Gasteiger partial charge on any atom is 0.162 e. The number of para-hydroxylation sites is 1. The van der Waals surface area contributed by atoms with Crippen LogP contribution in [0.4, 0.5) is 0 Å². The minimum atomic E-state index is 0.701. The summed E-state index contributed by atoms with van der Waals surface area (Å²) in [4.78, 5) is 10.6. The number of benzene rings is 8. The van der Waals surface area contributed by atoms with Crippen molar-refractivity contribution in [1.82, 2.24) is 14.5 Å². The van der Waals surface area contributed by atoms with Crippen LogP contribution in [0.15, 0.2) is 164 Å². The van der Waals surface area contributed by atoms with Crippen LogP contribution in [0.3, 0.4) is 0 Å². The molecule has 0 aliphatic heterocycles. The average Bonchev–Trinajstić information content (AvgIpc) is 3.50. The summed E-state index contributed by atoms with van der Waals surface area (Å²) < 4.78 is 2.33. The number of nitrogens with zero attached hydrogens (tertiary/aromatic N) is 3. The van der Waals surface area contributed by atoms with Gasteiger partial charge in [0.25, 0.3) is 0 Å². The lowest BCUT2D eigenvalue weighted by Gasteiger charge is -2.14. The number of fused-ring (bicyclic) bond motifs is 11. The van der Waals surface area contributed by atoms with Gasteiger partial charge in [-0.1, -0.05) is 146 Å². The van der Waals surface area contributed by atoms with Crippen molar-refractivity contribution in [2.75, 3.05) is 0 Å². The minimum Gasteiger partial charge on any atom is -0.293 e. The molecule has 0 aliphatic carbocycles. The number of hydrogen-bond acceptors (Lipinski definition) is 2. The Hall–Kier alpha value is -6.32. The highest BCUT2D eigenvalue weighted by atomic mass is 15.1. The number of aromatic nitrogens is 3. The lowest BCUT2D eigenvalue weighted by atomic mass is 9.93. The highest BCUT2D eigenvalue weighted by molar-refractivity contribution is 6.25. The van der Waals surface area contributed by atoms with Crippen LogP contribution in [-0.2, 0) is 0 Å². The third-order valence-electron chi connectivity index (χ3n) is 9.57. The topological polar surface area (TPSA) is 30.7 Å². The Labute approximate surface area is 271 Å². The monoisotopic (exact) mass is 597 g/mol. The molecule has 0 saturated carbocycles. The second kappa shape index (κ2) is 10.1. The van der Waals surface area contributed by atoms with Crippen molar-refractivity contribution < 1.29 is 0 Å². The van der Waals surface area contributed by atoms with Gasteiger partial charge in [-0.3, -0.25) is 4.57 Å². The normalized spacial score (nSPS) is 11.8. The lowest BCUT2D eigenvalue weighted by molar-refractivity contribution is 1.05. The van der Waals surface area contributed by atoms with E-state index in [0.29, 0.717) is 5.82 Å². The predicted molar refractivity (Wildman–Crippen MR) is 197 cm³/mol. The van der Waals surface area contributed by atoms with Crippen molar-refractivity contribution in [3.8, 4) is 28.5 Å². The average molecular weight is 598 g/mol. The quantitative estimate of drug-likeness (QED) is 0.190. The summed E-state index contributed by atoms with van der Waals surface area (Å²) in [5.74, 6) is 1.55. The highest BCUT2D eigenvalue weighted by Gasteiger charge is 2.19. The molecule has 0 fully saturated rings. The van der Waals surface area contributed by atoms with Crippen molar-refractivity contribution in [1.29, 1.82) is 0 Å². The summed E-state index contributed by atoms with van der Waals surface area (Å²) in [6, 6.07) is 58.4. The Morgan fingerprint density at radius 1 is 0.362 bits per heavy atom. The van der Waals surface area contributed by atoms with Gasteiger partial charge in [0.15, 0.2) is 5.82 Å². The van der Waals surface area contributed by atoms with Crippen molar-refractivity contribution in [2.24, 2.45) is 0 Å². The first-order valence-electron chi connectivity index (χ1n) is 16.0. The van der Waals surface area contributed by atoms with E-state index in [2.05, 4.69) is 162 Å². The number of hydrogen-bond donors (Lipinski definition) is 0. The SMILES string of the molecule is c1ccc(-c2cc(-n3c4ccccc4c4ccc5ccccc5c43)nc(-c3ccc4c5ccccc5c5ccccc5c4c3)n2)cc1. The molecule has 10 aromatic rings. The van der Waals surface area contributed by atoms with Gasteiger partial charge >= 0.3 is 0 Å². The van der Waals surface area contributed by atoms with Gasteiger partial charge in [-0.2, -0.15) is 0 Å². The van der Waals surface area contributed by atoms with Crippen LogP contribution in [0.1, 0.15) is 0 Å². The first kappa shape index (κ1) is 26.0.